The number of rotatable bonds is 5. The first-order chi connectivity index (χ1) is 14.5. The maximum absolute atomic E-state index is 12.8. The topological polar surface area (TPSA) is 75.5 Å². The van der Waals surface area contributed by atoms with E-state index in [0.29, 0.717) is 34.7 Å². The molecule has 1 aromatic carbocycles. The van der Waals surface area contributed by atoms with E-state index in [0.717, 1.165) is 37.2 Å². The Bertz CT molecular complexity index is 1070. The van der Waals surface area contributed by atoms with Crippen LogP contribution in [0.5, 0.6) is 5.88 Å². The number of fused-ring (bicyclic) bond motifs is 1. The standard InChI is InChI=1S/C21H25ClN6O2/c1-4-30-19-15-7-8-27(3)18(15)24-21(25-19)23-17-6-5-14(13-16(17)22)20(29)28-11-9-26(2)10-12-28/h5-8,13H,4,9-12H2,1-3H3,(H,23,24,25). The Labute approximate surface area is 180 Å². The Morgan fingerprint density at radius 2 is 1.93 bits per heavy atom. The molecule has 1 N–H and O–H groups in total. The predicted octanol–water partition coefficient (Wildman–Crippen LogP) is 3.15. The quantitative estimate of drug-likeness (QED) is 0.672. The number of carbonyl (C=O) groups excluding carboxylic acids is 1. The molecule has 1 amide bonds. The minimum atomic E-state index is -0.00309. The molecule has 0 spiro atoms. The first-order valence-corrected chi connectivity index (χ1v) is 10.3. The van der Waals surface area contributed by atoms with Crippen LogP contribution in [0.25, 0.3) is 11.0 Å². The van der Waals surface area contributed by atoms with E-state index < -0.39 is 0 Å². The molecule has 1 fully saturated rings. The van der Waals surface area contributed by atoms with Crippen molar-refractivity contribution < 1.29 is 9.53 Å². The molecule has 0 saturated carbocycles. The van der Waals surface area contributed by atoms with Crippen LogP contribution < -0.4 is 10.1 Å². The molecule has 4 rings (SSSR count). The molecule has 1 aliphatic heterocycles. The predicted molar refractivity (Wildman–Crippen MR) is 118 cm³/mol. The number of ether oxygens (including phenoxy) is 1. The van der Waals surface area contributed by atoms with E-state index in [1.54, 1.807) is 18.2 Å². The average Bonchev–Trinajstić information content (AvgIpc) is 3.11. The van der Waals surface area contributed by atoms with Crippen LogP contribution in [0.3, 0.4) is 0 Å². The van der Waals surface area contributed by atoms with Gasteiger partial charge in [0.1, 0.15) is 5.65 Å². The zero-order valence-electron chi connectivity index (χ0n) is 17.4. The van der Waals surface area contributed by atoms with Crippen molar-refractivity contribution in [2.24, 2.45) is 7.05 Å². The van der Waals surface area contributed by atoms with Crippen molar-refractivity contribution in [3.8, 4) is 5.88 Å². The van der Waals surface area contributed by atoms with Gasteiger partial charge in [-0.3, -0.25) is 4.79 Å². The number of carbonyl (C=O) groups is 1. The van der Waals surface area contributed by atoms with Gasteiger partial charge in [-0.1, -0.05) is 11.6 Å². The monoisotopic (exact) mass is 428 g/mol. The van der Waals surface area contributed by atoms with Gasteiger partial charge < -0.3 is 24.4 Å². The summed E-state index contributed by atoms with van der Waals surface area (Å²) in [6.45, 7) is 5.61. The third kappa shape index (κ3) is 4.06. The van der Waals surface area contributed by atoms with E-state index in [9.17, 15) is 4.79 Å². The number of aromatic nitrogens is 3. The molecule has 158 valence electrons. The van der Waals surface area contributed by atoms with Gasteiger partial charge in [0, 0.05) is 45.0 Å². The summed E-state index contributed by atoms with van der Waals surface area (Å²) in [5.74, 6) is 0.896. The molecular formula is C21H25ClN6O2. The van der Waals surface area contributed by atoms with Crippen molar-refractivity contribution in [1.29, 1.82) is 0 Å². The number of piperazine rings is 1. The van der Waals surface area contributed by atoms with Crippen LogP contribution in [0.15, 0.2) is 30.5 Å². The van der Waals surface area contributed by atoms with E-state index in [1.165, 1.54) is 0 Å². The van der Waals surface area contributed by atoms with Crippen LogP contribution in [0, 0.1) is 0 Å². The SMILES string of the molecule is CCOc1nc(Nc2ccc(C(=O)N3CCN(C)CC3)cc2Cl)nc2c1ccn2C. The fourth-order valence-electron chi connectivity index (χ4n) is 3.47. The third-order valence-corrected chi connectivity index (χ3v) is 5.54. The Kier molecular flexibility index (Phi) is 5.78. The molecule has 9 heteroatoms. The number of halogens is 1. The molecule has 1 aliphatic rings. The molecule has 0 radical (unpaired) electrons. The molecule has 0 atom stereocenters. The first kappa shape index (κ1) is 20.4. The number of nitrogens with zero attached hydrogens (tertiary/aromatic N) is 5. The lowest BCUT2D eigenvalue weighted by molar-refractivity contribution is 0.0664. The number of hydrogen-bond donors (Lipinski definition) is 1. The molecule has 8 nitrogen and oxygen atoms in total. The van der Waals surface area contributed by atoms with Crippen LogP contribution in [-0.2, 0) is 7.05 Å². The van der Waals surface area contributed by atoms with Crippen molar-refractivity contribution in [2.75, 3.05) is 45.2 Å². The van der Waals surface area contributed by atoms with E-state index in [-0.39, 0.29) is 5.91 Å². The Morgan fingerprint density at radius 1 is 1.17 bits per heavy atom. The number of likely N-dealkylation sites (N-methyl/N-ethyl adjacent to an activating group) is 1. The van der Waals surface area contributed by atoms with Gasteiger partial charge in [0.05, 0.1) is 22.7 Å². The maximum Gasteiger partial charge on any atom is 0.253 e. The lowest BCUT2D eigenvalue weighted by Crippen LogP contribution is -2.47. The second-order valence-electron chi connectivity index (χ2n) is 7.36. The average molecular weight is 429 g/mol. The molecule has 0 bridgehead atoms. The van der Waals surface area contributed by atoms with E-state index >= 15 is 0 Å². The maximum atomic E-state index is 12.8. The Hall–Kier alpha value is -2.84. The molecule has 2 aromatic heterocycles. The number of aryl methyl sites for hydroxylation is 1. The summed E-state index contributed by atoms with van der Waals surface area (Å²) in [4.78, 5) is 25.9. The molecule has 0 aliphatic carbocycles. The Morgan fingerprint density at radius 3 is 2.63 bits per heavy atom. The number of anilines is 2. The fourth-order valence-corrected chi connectivity index (χ4v) is 3.70. The van der Waals surface area contributed by atoms with Gasteiger partial charge in [-0.15, -0.1) is 0 Å². The second-order valence-corrected chi connectivity index (χ2v) is 7.77. The van der Waals surface area contributed by atoms with Crippen LogP contribution in [0.1, 0.15) is 17.3 Å². The van der Waals surface area contributed by atoms with Gasteiger partial charge in [-0.25, -0.2) is 0 Å². The normalized spacial score (nSPS) is 14.9. The summed E-state index contributed by atoms with van der Waals surface area (Å²) in [5.41, 5.74) is 1.96. The van der Waals surface area contributed by atoms with Gasteiger partial charge in [0.25, 0.3) is 5.91 Å². The summed E-state index contributed by atoms with van der Waals surface area (Å²) >= 11 is 6.48. The summed E-state index contributed by atoms with van der Waals surface area (Å²) in [7, 11) is 3.98. The summed E-state index contributed by atoms with van der Waals surface area (Å²) in [6.07, 6.45) is 1.91. The third-order valence-electron chi connectivity index (χ3n) is 5.22. The minimum absolute atomic E-state index is 0.00309. The highest BCUT2D eigenvalue weighted by molar-refractivity contribution is 6.33. The number of hydrogen-bond acceptors (Lipinski definition) is 6. The van der Waals surface area contributed by atoms with Crippen molar-refractivity contribution >= 4 is 40.2 Å². The van der Waals surface area contributed by atoms with E-state index in [1.807, 2.05) is 35.7 Å². The molecular weight excluding hydrogens is 404 g/mol. The summed E-state index contributed by atoms with van der Waals surface area (Å²) < 4.78 is 7.58. The van der Waals surface area contributed by atoms with Gasteiger partial charge in [-0.05, 0) is 38.2 Å². The van der Waals surface area contributed by atoms with Gasteiger partial charge >= 0.3 is 0 Å². The lowest BCUT2D eigenvalue weighted by Gasteiger charge is -2.32. The summed E-state index contributed by atoms with van der Waals surface area (Å²) in [6, 6.07) is 7.18. The van der Waals surface area contributed by atoms with Crippen molar-refractivity contribution in [3.05, 3.63) is 41.0 Å². The van der Waals surface area contributed by atoms with Crippen LogP contribution >= 0.6 is 11.6 Å². The zero-order valence-corrected chi connectivity index (χ0v) is 18.1. The van der Waals surface area contributed by atoms with Gasteiger partial charge in [0.2, 0.25) is 11.8 Å². The Balaban J connectivity index is 1.57. The zero-order chi connectivity index (χ0) is 21.3. The largest absolute Gasteiger partial charge is 0.477 e. The van der Waals surface area contributed by atoms with Crippen molar-refractivity contribution in [2.45, 2.75) is 6.92 Å². The molecule has 30 heavy (non-hydrogen) atoms. The van der Waals surface area contributed by atoms with Crippen LogP contribution in [0.2, 0.25) is 5.02 Å². The van der Waals surface area contributed by atoms with Crippen LogP contribution in [0.4, 0.5) is 11.6 Å². The first-order valence-electron chi connectivity index (χ1n) is 9.96. The van der Waals surface area contributed by atoms with Crippen molar-refractivity contribution in [3.63, 3.8) is 0 Å². The van der Waals surface area contributed by atoms with Gasteiger partial charge in [0.15, 0.2) is 0 Å². The minimum Gasteiger partial charge on any atom is -0.477 e. The lowest BCUT2D eigenvalue weighted by atomic mass is 10.1. The number of benzene rings is 1. The molecule has 3 aromatic rings. The molecule has 1 saturated heterocycles. The number of amides is 1. The second kappa shape index (κ2) is 8.49. The summed E-state index contributed by atoms with van der Waals surface area (Å²) in [5, 5.41) is 4.44. The van der Waals surface area contributed by atoms with Gasteiger partial charge in [-0.2, -0.15) is 9.97 Å². The molecule has 3 heterocycles. The smallest absolute Gasteiger partial charge is 0.253 e. The van der Waals surface area contributed by atoms with E-state index in [2.05, 4.69) is 27.2 Å². The molecule has 0 unspecified atom stereocenters. The van der Waals surface area contributed by atoms with Crippen LogP contribution in [-0.4, -0.2) is 70.1 Å². The van der Waals surface area contributed by atoms with E-state index in [4.69, 9.17) is 16.3 Å². The highest BCUT2D eigenvalue weighted by Crippen LogP contribution is 2.29. The fraction of sp³-hybridized carbons (Fsp3) is 0.381. The highest BCUT2D eigenvalue weighted by atomic mass is 35.5. The van der Waals surface area contributed by atoms with Crippen molar-refractivity contribution in [1.82, 2.24) is 24.3 Å². The highest BCUT2D eigenvalue weighted by Gasteiger charge is 2.21. The number of nitrogens with one attached hydrogen (secondary N) is 1.